The van der Waals surface area contributed by atoms with E-state index < -0.39 is 12.5 Å². The van der Waals surface area contributed by atoms with Crippen LogP contribution < -0.4 is 15.4 Å². The van der Waals surface area contributed by atoms with Gasteiger partial charge in [0.15, 0.2) is 0 Å². The first-order valence-electron chi connectivity index (χ1n) is 6.30. The Morgan fingerprint density at radius 3 is 2.50 bits per heavy atom. The van der Waals surface area contributed by atoms with Gasteiger partial charge in [0.1, 0.15) is 17.7 Å². The summed E-state index contributed by atoms with van der Waals surface area (Å²) in [5, 5.41) is 5.71. The highest BCUT2D eigenvalue weighted by molar-refractivity contribution is 6.00. The summed E-state index contributed by atoms with van der Waals surface area (Å²) in [6, 6.07) is 8.51. The minimum atomic E-state index is -4.73. The maximum Gasteiger partial charge on any atom is 0.573 e. The van der Waals surface area contributed by atoms with Crippen LogP contribution in [0.15, 0.2) is 42.6 Å². The molecule has 2 N–H and O–H groups in total. The summed E-state index contributed by atoms with van der Waals surface area (Å²) in [7, 11) is 0. The number of hydrogen-bond donors (Lipinski definition) is 2. The van der Waals surface area contributed by atoms with E-state index in [-0.39, 0.29) is 11.7 Å². The number of benzene rings is 1. The van der Waals surface area contributed by atoms with Gasteiger partial charge in [0, 0.05) is 6.20 Å². The maximum atomic E-state index is 12.1. The minimum absolute atomic E-state index is 0.303. The number of hydrogen-bond acceptors (Lipinski definition) is 4. The van der Waals surface area contributed by atoms with E-state index in [0.29, 0.717) is 16.9 Å². The number of anilines is 1. The fourth-order valence-electron chi connectivity index (χ4n) is 2.11. The highest BCUT2D eigenvalue weighted by Crippen LogP contribution is 2.27. The number of ether oxygens (including phenoxy) is 1. The summed E-state index contributed by atoms with van der Waals surface area (Å²) in [6.07, 6.45) is -3.77. The van der Waals surface area contributed by atoms with E-state index in [1.54, 1.807) is 18.3 Å². The second-order valence-electron chi connectivity index (χ2n) is 4.57. The maximum absolute atomic E-state index is 12.1. The molecule has 0 radical (unpaired) electrons. The van der Waals surface area contributed by atoms with Crippen LogP contribution in [-0.4, -0.2) is 17.3 Å². The largest absolute Gasteiger partial charge is 0.573 e. The molecule has 0 saturated carbocycles. The van der Waals surface area contributed by atoms with Crippen LogP contribution in [-0.2, 0) is 0 Å². The normalized spacial score (nSPS) is 17.2. The summed E-state index contributed by atoms with van der Waals surface area (Å²) in [4.78, 5) is 16.0. The Balaban J connectivity index is 1.80. The number of alkyl halides is 3. The molecule has 114 valence electrons. The van der Waals surface area contributed by atoms with Gasteiger partial charge in [0.05, 0.1) is 5.56 Å². The van der Waals surface area contributed by atoms with E-state index in [1.165, 1.54) is 24.3 Å². The molecule has 2 heterocycles. The Hall–Kier alpha value is -2.77. The number of pyridine rings is 1. The van der Waals surface area contributed by atoms with Crippen molar-refractivity contribution in [2.75, 3.05) is 5.32 Å². The van der Waals surface area contributed by atoms with Gasteiger partial charge >= 0.3 is 6.36 Å². The summed E-state index contributed by atoms with van der Waals surface area (Å²) < 4.78 is 40.1. The Labute approximate surface area is 123 Å². The summed E-state index contributed by atoms with van der Waals surface area (Å²) in [6.45, 7) is 0. The molecular weight excluding hydrogens is 299 g/mol. The quantitative estimate of drug-likeness (QED) is 0.895. The first-order valence-corrected chi connectivity index (χ1v) is 6.30. The van der Waals surface area contributed by atoms with Crippen LogP contribution in [0.3, 0.4) is 0 Å². The number of amides is 1. The molecule has 1 atom stereocenters. The van der Waals surface area contributed by atoms with Crippen molar-refractivity contribution in [1.82, 2.24) is 10.3 Å². The lowest BCUT2D eigenvalue weighted by Gasteiger charge is -2.27. The Morgan fingerprint density at radius 1 is 1.09 bits per heavy atom. The van der Waals surface area contributed by atoms with E-state index in [0.717, 1.165) is 0 Å². The standard InChI is InChI=1S/C14H10F3N3O2/c15-14(16,17)22-9-5-3-8(4-6-9)11-19-12-10(13(21)20-11)2-1-7-18-12/h1-7,11H,(H,18,19)(H,20,21). The Kier molecular flexibility index (Phi) is 3.36. The van der Waals surface area contributed by atoms with Crippen molar-refractivity contribution in [3.63, 3.8) is 0 Å². The van der Waals surface area contributed by atoms with E-state index in [9.17, 15) is 18.0 Å². The number of rotatable bonds is 2. The highest BCUT2D eigenvalue weighted by Gasteiger charge is 2.31. The van der Waals surface area contributed by atoms with Gasteiger partial charge in [-0.1, -0.05) is 12.1 Å². The van der Waals surface area contributed by atoms with Crippen LogP contribution in [0.25, 0.3) is 0 Å². The van der Waals surface area contributed by atoms with Gasteiger partial charge in [0.2, 0.25) is 0 Å². The molecule has 5 nitrogen and oxygen atoms in total. The van der Waals surface area contributed by atoms with Crippen molar-refractivity contribution >= 4 is 11.7 Å². The van der Waals surface area contributed by atoms with Crippen LogP contribution in [0, 0.1) is 0 Å². The molecule has 1 aromatic carbocycles. The molecule has 0 spiro atoms. The summed E-state index contributed by atoms with van der Waals surface area (Å²) in [5.74, 6) is -0.203. The third-order valence-electron chi connectivity index (χ3n) is 3.06. The fraction of sp³-hybridized carbons (Fsp3) is 0.143. The lowest BCUT2D eigenvalue weighted by molar-refractivity contribution is -0.274. The molecule has 2 aromatic rings. The van der Waals surface area contributed by atoms with E-state index in [1.807, 2.05) is 0 Å². The molecule has 1 aliphatic rings. The molecule has 3 rings (SSSR count). The Morgan fingerprint density at radius 2 is 1.82 bits per heavy atom. The van der Waals surface area contributed by atoms with Crippen LogP contribution in [0.5, 0.6) is 5.75 Å². The van der Waals surface area contributed by atoms with Gasteiger partial charge in [-0.05, 0) is 29.8 Å². The minimum Gasteiger partial charge on any atom is -0.406 e. The molecule has 0 saturated heterocycles. The molecule has 1 amide bonds. The molecule has 0 fully saturated rings. The molecular formula is C14H10F3N3O2. The molecule has 1 unspecified atom stereocenters. The smallest absolute Gasteiger partial charge is 0.406 e. The van der Waals surface area contributed by atoms with E-state index in [4.69, 9.17) is 0 Å². The highest BCUT2D eigenvalue weighted by atomic mass is 19.4. The molecule has 0 aliphatic carbocycles. The zero-order chi connectivity index (χ0) is 15.7. The van der Waals surface area contributed by atoms with Crippen molar-refractivity contribution < 1.29 is 22.7 Å². The van der Waals surface area contributed by atoms with Gasteiger partial charge in [-0.2, -0.15) is 0 Å². The van der Waals surface area contributed by atoms with E-state index >= 15 is 0 Å². The lowest BCUT2D eigenvalue weighted by atomic mass is 10.1. The first kappa shape index (κ1) is 14.2. The average molecular weight is 309 g/mol. The molecule has 8 heteroatoms. The van der Waals surface area contributed by atoms with Gasteiger partial charge in [0.25, 0.3) is 5.91 Å². The summed E-state index contributed by atoms with van der Waals surface area (Å²) >= 11 is 0. The monoisotopic (exact) mass is 309 g/mol. The zero-order valence-corrected chi connectivity index (χ0v) is 11.0. The predicted octanol–water partition coefficient (Wildman–Crippen LogP) is 2.83. The average Bonchev–Trinajstić information content (AvgIpc) is 2.46. The number of nitrogens with one attached hydrogen (secondary N) is 2. The van der Waals surface area contributed by atoms with Crippen LogP contribution in [0.1, 0.15) is 22.1 Å². The van der Waals surface area contributed by atoms with Gasteiger partial charge < -0.3 is 15.4 Å². The number of carbonyl (C=O) groups is 1. The third kappa shape index (κ3) is 2.95. The molecule has 1 aliphatic heterocycles. The second-order valence-corrected chi connectivity index (χ2v) is 4.57. The van der Waals surface area contributed by atoms with Crippen molar-refractivity contribution in [2.24, 2.45) is 0 Å². The van der Waals surface area contributed by atoms with Crippen LogP contribution >= 0.6 is 0 Å². The fourth-order valence-corrected chi connectivity index (χ4v) is 2.11. The number of nitrogens with zero attached hydrogens (tertiary/aromatic N) is 1. The van der Waals surface area contributed by atoms with Crippen molar-refractivity contribution in [3.05, 3.63) is 53.7 Å². The van der Waals surface area contributed by atoms with Crippen LogP contribution in [0.4, 0.5) is 19.0 Å². The zero-order valence-electron chi connectivity index (χ0n) is 11.0. The number of carbonyl (C=O) groups excluding carboxylic acids is 1. The first-order chi connectivity index (χ1) is 10.4. The molecule has 1 aromatic heterocycles. The summed E-state index contributed by atoms with van der Waals surface area (Å²) in [5.41, 5.74) is 0.995. The second kappa shape index (κ2) is 5.21. The topological polar surface area (TPSA) is 63.2 Å². The number of fused-ring (bicyclic) bond motifs is 1. The van der Waals surface area contributed by atoms with Gasteiger partial charge in [-0.3, -0.25) is 4.79 Å². The lowest BCUT2D eigenvalue weighted by Crippen LogP contribution is -2.38. The molecule has 0 bridgehead atoms. The predicted molar refractivity (Wildman–Crippen MR) is 71.2 cm³/mol. The van der Waals surface area contributed by atoms with E-state index in [2.05, 4.69) is 20.4 Å². The number of aromatic nitrogens is 1. The third-order valence-corrected chi connectivity index (χ3v) is 3.06. The van der Waals surface area contributed by atoms with Crippen molar-refractivity contribution in [3.8, 4) is 5.75 Å². The van der Waals surface area contributed by atoms with Gasteiger partial charge in [-0.25, -0.2) is 4.98 Å². The van der Waals surface area contributed by atoms with Crippen molar-refractivity contribution in [1.29, 1.82) is 0 Å². The van der Waals surface area contributed by atoms with Gasteiger partial charge in [-0.15, -0.1) is 13.2 Å². The SMILES string of the molecule is O=C1NC(c2ccc(OC(F)(F)F)cc2)Nc2ncccc21. The van der Waals surface area contributed by atoms with Crippen molar-refractivity contribution in [2.45, 2.75) is 12.5 Å². The Bertz CT molecular complexity index is 701. The van der Waals surface area contributed by atoms with Crippen LogP contribution in [0.2, 0.25) is 0 Å². The number of halogens is 3. The molecule has 22 heavy (non-hydrogen) atoms.